The van der Waals surface area contributed by atoms with Crippen molar-refractivity contribution in [1.29, 1.82) is 0 Å². The third-order valence-corrected chi connectivity index (χ3v) is 4.02. The van der Waals surface area contributed by atoms with Gasteiger partial charge in [0.15, 0.2) is 0 Å². The number of aromatic nitrogens is 1. The van der Waals surface area contributed by atoms with Gasteiger partial charge in [-0.3, -0.25) is 4.79 Å². The lowest BCUT2D eigenvalue weighted by atomic mass is 10.0. The van der Waals surface area contributed by atoms with Crippen molar-refractivity contribution in [2.24, 2.45) is 12.8 Å². The summed E-state index contributed by atoms with van der Waals surface area (Å²) in [5.74, 6) is -0.0368. The SMILES string of the molecule is Cn1c(C(=O)c2cccc(CC(N)C=O)c2)cc2ccccc21. The Bertz CT molecular complexity index is 880. The number of aldehydes is 1. The largest absolute Gasteiger partial charge is 0.341 e. The van der Waals surface area contributed by atoms with Crippen LogP contribution >= 0.6 is 0 Å². The number of para-hydroxylation sites is 1. The Morgan fingerprint density at radius 1 is 1.17 bits per heavy atom. The van der Waals surface area contributed by atoms with Gasteiger partial charge in [0.25, 0.3) is 0 Å². The minimum Gasteiger partial charge on any atom is -0.341 e. The van der Waals surface area contributed by atoms with E-state index in [1.807, 2.05) is 60.1 Å². The van der Waals surface area contributed by atoms with Crippen LogP contribution in [0.15, 0.2) is 54.6 Å². The molecule has 1 unspecified atom stereocenters. The van der Waals surface area contributed by atoms with E-state index in [2.05, 4.69) is 0 Å². The molecule has 4 heteroatoms. The van der Waals surface area contributed by atoms with Gasteiger partial charge >= 0.3 is 0 Å². The number of rotatable bonds is 5. The molecular formula is C19H18N2O2. The zero-order chi connectivity index (χ0) is 16.4. The minimum atomic E-state index is -0.544. The highest BCUT2D eigenvalue weighted by molar-refractivity contribution is 6.10. The number of hydrogen-bond donors (Lipinski definition) is 1. The fourth-order valence-electron chi connectivity index (χ4n) is 2.81. The Labute approximate surface area is 134 Å². The van der Waals surface area contributed by atoms with Gasteiger partial charge in [-0.15, -0.1) is 0 Å². The molecule has 23 heavy (non-hydrogen) atoms. The highest BCUT2D eigenvalue weighted by Crippen LogP contribution is 2.21. The number of aryl methyl sites for hydroxylation is 1. The standard InChI is InChI=1S/C19H18N2O2/c1-21-17-8-3-2-6-14(17)11-18(21)19(23)15-7-4-5-13(9-15)10-16(20)12-22/h2-9,11-12,16H,10,20H2,1H3. The summed E-state index contributed by atoms with van der Waals surface area (Å²) in [7, 11) is 1.89. The van der Waals surface area contributed by atoms with E-state index >= 15 is 0 Å². The highest BCUT2D eigenvalue weighted by Gasteiger charge is 2.15. The number of fused-ring (bicyclic) bond motifs is 1. The fraction of sp³-hybridized carbons (Fsp3) is 0.158. The molecule has 3 aromatic rings. The molecular weight excluding hydrogens is 288 g/mol. The molecule has 0 radical (unpaired) electrons. The molecule has 3 rings (SSSR count). The van der Waals surface area contributed by atoms with E-state index < -0.39 is 6.04 Å². The quantitative estimate of drug-likeness (QED) is 0.582. The van der Waals surface area contributed by atoms with Crippen LogP contribution in [-0.2, 0) is 18.3 Å². The van der Waals surface area contributed by atoms with E-state index in [0.717, 1.165) is 22.8 Å². The summed E-state index contributed by atoms with van der Waals surface area (Å²) in [6.07, 6.45) is 1.15. The topological polar surface area (TPSA) is 65.1 Å². The van der Waals surface area contributed by atoms with Crippen LogP contribution in [0, 0.1) is 0 Å². The van der Waals surface area contributed by atoms with Crippen LogP contribution in [0.1, 0.15) is 21.6 Å². The Balaban J connectivity index is 1.97. The molecule has 0 saturated carbocycles. The Morgan fingerprint density at radius 3 is 2.70 bits per heavy atom. The van der Waals surface area contributed by atoms with E-state index in [0.29, 0.717) is 17.7 Å². The number of hydrogen-bond acceptors (Lipinski definition) is 3. The number of carbonyl (C=O) groups excluding carboxylic acids is 2. The number of ketones is 1. The van der Waals surface area contributed by atoms with Crippen LogP contribution < -0.4 is 5.73 Å². The lowest BCUT2D eigenvalue weighted by Crippen LogP contribution is -2.24. The predicted molar refractivity (Wildman–Crippen MR) is 90.5 cm³/mol. The average molecular weight is 306 g/mol. The minimum absolute atomic E-state index is 0.0368. The van der Waals surface area contributed by atoms with Gasteiger partial charge in [0, 0.05) is 23.5 Å². The van der Waals surface area contributed by atoms with E-state index in [-0.39, 0.29) is 5.78 Å². The number of carbonyl (C=O) groups is 2. The highest BCUT2D eigenvalue weighted by atomic mass is 16.1. The molecule has 0 amide bonds. The number of nitrogens with two attached hydrogens (primary N) is 1. The van der Waals surface area contributed by atoms with Crippen molar-refractivity contribution in [1.82, 2.24) is 4.57 Å². The first-order valence-corrected chi connectivity index (χ1v) is 7.49. The number of nitrogens with zero attached hydrogens (tertiary/aromatic N) is 1. The van der Waals surface area contributed by atoms with Crippen molar-refractivity contribution in [2.75, 3.05) is 0 Å². The second-order valence-electron chi connectivity index (χ2n) is 5.68. The molecule has 1 heterocycles. The third-order valence-electron chi connectivity index (χ3n) is 4.02. The lowest BCUT2D eigenvalue weighted by molar-refractivity contribution is -0.108. The summed E-state index contributed by atoms with van der Waals surface area (Å²) in [4.78, 5) is 23.5. The summed E-state index contributed by atoms with van der Waals surface area (Å²) in [6.45, 7) is 0. The zero-order valence-electron chi connectivity index (χ0n) is 12.9. The predicted octanol–water partition coefficient (Wildman–Crippen LogP) is 2.48. The van der Waals surface area contributed by atoms with Crippen molar-refractivity contribution in [2.45, 2.75) is 12.5 Å². The van der Waals surface area contributed by atoms with E-state index in [1.165, 1.54) is 0 Å². The fourth-order valence-corrected chi connectivity index (χ4v) is 2.81. The van der Waals surface area contributed by atoms with Gasteiger partial charge in [0.1, 0.15) is 6.29 Å². The van der Waals surface area contributed by atoms with Crippen molar-refractivity contribution >= 4 is 23.0 Å². The summed E-state index contributed by atoms with van der Waals surface area (Å²) in [6, 6.07) is 16.6. The van der Waals surface area contributed by atoms with Crippen LogP contribution in [0.25, 0.3) is 10.9 Å². The molecule has 1 atom stereocenters. The summed E-state index contributed by atoms with van der Waals surface area (Å²) >= 11 is 0. The molecule has 0 bridgehead atoms. The van der Waals surface area contributed by atoms with Crippen molar-refractivity contribution in [3.8, 4) is 0 Å². The maximum atomic E-state index is 12.8. The van der Waals surface area contributed by atoms with Crippen LogP contribution in [0.4, 0.5) is 0 Å². The van der Waals surface area contributed by atoms with Gasteiger partial charge in [0.2, 0.25) is 5.78 Å². The second kappa shape index (κ2) is 6.18. The van der Waals surface area contributed by atoms with E-state index in [4.69, 9.17) is 5.73 Å². The van der Waals surface area contributed by atoms with Crippen molar-refractivity contribution in [3.63, 3.8) is 0 Å². The lowest BCUT2D eigenvalue weighted by Gasteiger charge is -2.07. The summed E-state index contributed by atoms with van der Waals surface area (Å²) in [5.41, 5.74) is 8.81. The van der Waals surface area contributed by atoms with Gasteiger partial charge in [-0.1, -0.05) is 36.4 Å². The monoisotopic (exact) mass is 306 g/mol. The third kappa shape index (κ3) is 2.94. The number of benzene rings is 2. The molecule has 1 aromatic heterocycles. The van der Waals surface area contributed by atoms with Gasteiger partial charge in [-0.25, -0.2) is 0 Å². The van der Waals surface area contributed by atoms with Gasteiger partial charge in [-0.05, 0) is 30.2 Å². The van der Waals surface area contributed by atoms with Crippen molar-refractivity contribution < 1.29 is 9.59 Å². The molecule has 0 saturated heterocycles. The van der Waals surface area contributed by atoms with Gasteiger partial charge in [0.05, 0.1) is 11.7 Å². The first kappa shape index (κ1) is 15.2. The molecule has 116 valence electrons. The second-order valence-corrected chi connectivity index (χ2v) is 5.68. The van der Waals surface area contributed by atoms with E-state index in [9.17, 15) is 9.59 Å². The molecule has 0 fully saturated rings. The van der Waals surface area contributed by atoms with Crippen LogP contribution in [-0.4, -0.2) is 22.7 Å². The van der Waals surface area contributed by atoms with Crippen LogP contribution in [0.3, 0.4) is 0 Å². The maximum absolute atomic E-state index is 12.8. The van der Waals surface area contributed by atoms with E-state index in [1.54, 1.807) is 6.07 Å². The Hall–Kier alpha value is -2.72. The average Bonchev–Trinajstić information content (AvgIpc) is 2.91. The Kier molecular flexibility index (Phi) is 4.08. The van der Waals surface area contributed by atoms with Crippen LogP contribution in [0.2, 0.25) is 0 Å². The van der Waals surface area contributed by atoms with Crippen molar-refractivity contribution in [3.05, 3.63) is 71.4 Å². The summed E-state index contributed by atoms with van der Waals surface area (Å²) in [5, 5.41) is 1.04. The molecule has 4 nitrogen and oxygen atoms in total. The maximum Gasteiger partial charge on any atom is 0.209 e. The first-order chi connectivity index (χ1) is 11.1. The Morgan fingerprint density at radius 2 is 1.96 bits per heavy atom. The molecule has 2 N–H and O–H groups in total. The van der Waals surface area contributed by atoms with Crippen LogP contribution in [0.5, 0.6) is 0 Å². The molecule has 0 aliphatic carbocycles. The smallest absolute Gasteiger partial charge is 0.209 e. The molecule has 2 aromatic carbocycles. The van der Waals surface area contributed by atoms with Gasteiger partial charge in [-0.2, -0.15) is 0 Å². The zero-order valence-corrected chi connectivity index (χ0v) is 12.9. The summed E-state index contributed by atoms with van der Waals surface area (Å²) < 4.78 is 1.90. The normalized spacial score (nSPS) is 12.3. The molecule has 0 aliphatic rings. The molecule has 0 spiro atoms. The molecule has 0 aliphatic heterocycles. The van der Waals surface area contributed by atoms with Gasteiger partial charge < -0.3 is 15.1 Å². The first-order valence-electron chi connectivity index (χ1n) is 7.49.